The third kappa shape index (κ3) is 5.27. The molecule has 4 unspecified atom stereocenters. The SMILES string of the molecule is C=CCCCC(NCC)C1CSC(C)C(C)S1. The summed E-state index contributed by atoms with van der Waals surface area (Å²) in [5.74, 6) is 1.31. The van der Waals surface area contributed by atoms with Crippen LogP contribution in [0.25, 0.3) is 0 Å². The van der Waals surface area contributed by atoms with E-state index < -0.39 is 0 Å². The molecule has 100 valence electrons. The van der Waals surface area contributed by atoms with Gasteiger partial charge in [-0.15, -0.1) is 6.58 Å². The number of allylic oxidation sites excluding steroid dienone is 1. The number of unbranched alkanes of at least 4 members (excludes halogenated alkanes) is 1. The number of thioether (sulfide) groups is 2. The molecule has 1 rings (SSSR count). The first-order chi connectivity index (χ1) is 8.19. The van der Waals surface area contributed by atoms with E-state index in [4.69, 9.17) is 0 Å². The fourth-order valence-corrected chi connectivity index (χ4v) is 5.35. The number of hydrogen-bond donors (Lipinski definition) is 1. The summed E-state index contributed by atoms with van der Waals surface area (Å²) in [5, 5.41) is 6.07. The molecule has 0 amide bonds. The topological polar surface area (TPSA) is 12.0 Å². The maximum atomic E-state index is 3.81. The van der Waals surface area contributed by atoms with Gasteiger partial charge in [0, 0.05) is 27.5 Å². The van der Waals surface area contributed by atoms with Gasteiger partial charge in [0.1, 0.15) is 0 Å². The standard InChI is InChI=1S/C14H27NS2/c1-5-7-8-9-13(15-6-2)14-10-16-11(3)12(4)17-14/h5,11-15H,1,6-10H2,2-4H3. The quantitative estimate of drug-likeness (QED) is 0.557. The summed E-state index contributed by atoms with van der Waals surface area (Å²) in [6.07, 6.45) is 5.75. The summed E-state index contributed by atoms with van der Waals surface area (Å²) >= 11 is 4.34. The van der Waals surface area contributed by atoms with Crippen LogP contribution in [0.3, 0.4) is 0 Å². The van der Waals surface area contributed by atoms with Crippen molar-refractivity contribution in [3.63, 3.8) is 0 Å². The molecule has 1 aliphatic heterocycles. The Morgan fingerprint density at radius 3 is 2.76 bits per heavy atom. The molecule has 0 spiro atoms. The minimum Gasteiger partial charge on any atom is -0.313 e. The van der Waals surface area contributed by atoms with E-state index in [9.17, 15) is 0 Å². The average Bonchev–Trinajstić information content (AvgIpc) is 2.32. The molecule has 0 aromatic heterocycles. The van der Waals surface area contributed by atoms with Crippen molar-refractivity contribution in [1.82, 2.24) is 5.32 Å². The Labute approximate surface area is 116 Å². The van der Waals surface area contributed by atoms with Crippen molar-refractivity contribution in [3.05, 3.63) is 12.7 Å². The molecule has 1 nitrogen and oxygen atoms in total. The van der Waals surface area contributed by atoms with E-state index in [0.29, 0.717) is 6.04 Å². The molecular formula is C14H27NS2. The predicted octanol–water partition coefficient (Wildman–Crippen LogP) is 3.95. The highest BCUT2D eigenvalue weighted by Gasteiger charge is 2.30. The van der Waals surface area contributed by atoms with Crippen molar-refractivity contribution in [1.29, 1.82) is 0 Å². The van der Waals surface area contributed by atoms with Gasteiger partial charge in [-0.2, -0.15) is 23.5 Å². The highest BCUT2D eigenvalue weighted by atomic mass is 32.2. The van der Waals surface area contributed by atoms with Gasteiger partial charge in [0.2, 0.25) is 0 Å². The van der Waals surface area contributed by atoms with Crippen LogP contribution in [0.1, 0.15) is 40.0 Å². The van der Waals surface area contributed by atoms with Gasteiger partial charge in [0.25, 0.3) is 0 Å². The van der Waals surface area contributed by atoms with E-state index >= 15 is 0 Å². The van der Waals surface area contributed by atoms with Crippen molar-refractivity contribution in [2.75, 3.05) is 12.3 Å². The highest BCUT2D eigenvalue weighted by Crippen LogP contribution is 2.37. The molecule has 0 aromatic carbocycles. The lowest BCUT2D eigenvalue weighted by Crippen LogP contribution is -2.43. The van der Waals surface area contributed by atoms with E-state index in [1.54, 1.807) is 0 Å². The van der Waals surface area contributed by atoms with Crippen LogP contribution in [-0.4, -0.2) is 34.1 Å². The molecule has 1 saturated heterocycles. The fraction of sp³-hybridized carbons (Fsp3) is 0.857. The zero-order valence-corrected chi connectivity index (χ0v) is 13.1. The molecule has 1 heterocycles. The van der Waals surface area contributed by atoms with Gasteiger partial charge in [-0.3, -0.25) is 0 Å². The summed E-state index contributed by atoms with van der Waals surface area (Å²) in [7, 11) is 0. The molecule has 3 heteroatoms. The second kappa shape index (κ2) is 8.49. The maximum Gasteiger partial charge on any atom is 0.0294 e. The molecule has 0 radical (unpaired) electrons. The molecule has 0 saturated carbocycles. The van der Waals surface area contributed by atoms with Crippen molar-refractivity contribution >= 4 is 23.5 Å². The number of nitrogens with one attached hydrogen (secondary N) is 1. The maximum absolute atomic E-state index is 3.81. The fourth-order valence-electron chi connectivity index (χ4n) is 2.18. The van der Waals surface area contributed by atoms with Crippen molar-refractivity contribution in [2.45, 2.75) is 61.8 Å². The van der Waals surface area contributed by atoms with Crippen LogP contribution in [0, 0.1) is 0 Å². The second-order valence-electron chi connectivity index (χ2n) is 4.80. The van der Waals surface area contributed by atoms with Gasteiger partial charge in [-0.05, 0) is 25.8 Å². The Hall–Kier alpha value is 0.400. The van der Waals surface area contributed by atoms with Crippen molar-refractivity contribution in [2.24, 2.45) is 0 Å². The highest BCUT2D eigenvalue weighted by molar-refractivity contribution is 8.07. The Balaban J connectivity index is 2.42. The van der Waals surface area contributed by atoms with E-state index in [1.165, 1.54) is 18.6 Å². The molecule has 17 heavy (non-hydrogen) atoms. The van der Waals surface area contributed by atoms with Gasteiger partial charge in [-0.1, -0.05) is 26.8 Å². The van der Waals surface area contributed by atoms with Crippen LogP contribution < -0.4 is 5.32 Å². The third-order valence-electron chi connectivity index (χ3n) is 3.41. The monoisotopic (exact) mass is 273 g/mol. The normalized spacial score (nSPS) is 31.1. The van der Waals surface area contributed by atoms with E-state index in [1.807, 2.05) is 6.08 Å². The molecule has 0 aliphatic carbocycles. The Morgan fingerprint density at radius 2 is 2.18 bits per heavy atom. The summed E-state index contributed by atoms with van der Waals surface area (Å²) < 4.78 is 0. The lowest BCUT2D eigenvalue weighted by Gasteiger charge is -2.36. The smallest absolute Gasteiger partial charge is 0.0294 e. The minimum absolute atomic E-state index is 0.687. The summed E-state index contributed by atoms with van der Waals surface area (Å²) in [6.45, 7) is 11.8. The summed E-state index contributed by atoms with van der Waals surface area (Å²) in [4.78, 5) is 0. The Bertz CT molecular complexity index is 220. The third-order valence-corrected chi connectivity index (χ3v) is 6.96. The van der Waals surface area contributed by atoms with Crippen molar-refractivity contribution in [3.8, 4) is 0 Å². The molecule has 4 atom stereocenters. The molecule has 1 N–H and O–H groups in total. The zero-order chi connectivity index (χ0) is 12.7. The van der Waals surface area contributed by atoms with Crippen LogP contribution in [0.2, 0.25) is 0 Å². The molecular weight excluding hydrogens is 246 g/mol. The Kier molecular flexibility index (Phi) is 7.72. The van der Waals surface area contributed by atoms with Crippen LogP contribution in [0.5, 0.6) is 0 Å². The van der Waals surface area contributed by atoms with Crippen molar-refractivity contribution < 1.29 is 0 Å². The molecule has 0 bridgehead atoms. The second-order valence-corrected chi connectivity index (χ2v) is 7.83. The van der Waals surface area contributed by atoms with Crippen LogP contribution in [0.4, 0.5) is 0 Å². The Morgan fingerprint density at radius 1 is 1.41 bits per heavy atom. The molecule has 1 aliphatic rings. The zero-order valence-electron chi connectivity index (χ0n) is 11.4. The summed E-state index contributed by atoms with van der Waals surface area (Å²) in [5.41, 5.74) is 0. The number of hydrogen-bond acceptors (Lipinski definition) is 3. The predicted molar refractivity (Wildman–Crippen MR) is 84.3 cm³/mol. The van der Waals surface area contributed by atoms with Crippen LogP contribution >= 0.6 is 23.5 Å². The summed E-state index contributed by atoms with van der Waals surface area (Å²) in [6, 6.07) is 0.687. The lowest BCUT2D eigenvalue weighted by atomic mass is 10.1. The average molecular weight is 274 g/mol. The van der Waals surface area contributed by atoms with Gasteiger partial charge < -0.3 is 5.32 Å². The van der Waals surface area contributed by atoms with Gasteiger partial charge in [0.05, 0.1) is 0 Å². The largest absolute Gasteiger partial charge is 0.313 e. The first-order valence-electron chi connectivity index (χ1n) is 6.80. The first-order valence-corrected chi connectivity index (χ1v) is 8.79. The van der Waals surface area contributed by atoms with Gasteiger partial charge >= 0.3 is 0 Å². The lowest BCUT2D eigenvalue weighted by molar-refractivity contribution is 0.478. The number of rotatable bonds is 7. The van der Waals surface area contributed by atoms with Crippen LogP contribution in [0.15, 0.2) is 12.7 Å². The van der Waals surface area contributed by atoms with E-state index in [2.05, 4.69) is 56.2 Å². The van der Waals surface area contributed by atoms with Crippen LogP contribution in [-0.2, 0) is 0 Å². The van der Waals surface area contributed by atoms with E-state index in [-0.39, 0.29) is 0 Å². The van der Waals surface area contributed by atoms with Gasteiger partial charge in [-0.25, -0.2) is 0 Å². The molecule has 1 fully saturated rings. The first kappa shape index (κ1) is 15.5. The van der Waals surface area contributed by atoms with Gasteiger partial charge in [0.15, 0.2) is 0 Å². The van der Waals surface area contributed by atoms with E-state index in [0.717, 1.165) is 28.7 Å². The molecule has 0 aromatic rings. The minimum atomic E-state index is 0.687.